The molecule has 0 aliphatic heterocycles. The van der Waals surface area contributed by atoms with Crippen molar-refractivity contribution >= 4 is 34.8 Å². The standard InChI is InChI=1S/C22H19ClF2N4O3/c1-14(30)29(12-21(24)25)20-7-4-15(9-18(20)23)19-6-5-16(10-27-19)28-22(31)13-32-17-3-2-8-26-11-17/h2-11,21H,12-13H2,1H3,(H,28,31). The molecule has 0 aliphatic rings. The Morgan fingerprint density at radius 2 is 2.00 bits per heavy atom. The van der Waals surface area contributed by atoms with E-state index in [4.69, 9.17) is 16.3 Å². The molecule has 0 saturated heterocycles. The Hall–Kier alpha value is -3.59. The van der Waals surface area contributed by atoms with Gasteiger partial charge in [-0.25, -0.2) is 8.78 Å². The van der Waals surface area contributed by atoms with Gasteiger partial charge in [0.25, 0.3) is 12.3 Å². The number of carbonyl (C=O) groups is 2. The molecule has 2 aromatic heterocycles. The summed E-state index contributed by atoms with van der Waals surface area (Å²) in [6.45, 7) is 0.268. The molecule has 2 amide bonds. The summed E-state index contributed by atoms with van der Waals surface area (Å²) in [6.07, 6.45) is 1.89. The summed E-state index contributed by atoms with van der Waals surface area (Å²) >= 11 is 6.25. The van der Waals surface area contributed by atoms with Crippen LogP contribution in [0, 0.1) is 0 Å². The summed E-state index contributed by atoms with van der Waals surface area (Å²) in [5.74, 6) is -0.418. The maximum atomic E-state index is 12.8. The van der Waals surface area contributed by atoms with Gasteiger partial charge in [-0.3, -0.25) is 19.6 Å². The summed E-state index contributed by atoms with van der Waals surface area (Å²) in [4.78, 5) is 32.9. The first-order valence-corrected chi connectivity index (χ1v) is 9.86. The van der Waals surface area contributed by atoms with Crippen LogP contribution in [0.15, 0.2) is 61.1 Å². The summed E-state index contributed by atoms with van der Waals surface area (Å²) < 4.78 is 30.9. The van der Waals surface area contributed by atoms with Crippen molar-refractivity contribution in [2.75, 3.05) is 23.4 Å². The van der Waals surface area contributed by atoms with Crippen molar-refractivity contribution in [1.29, 1.82) is 0 Å². The number of alkyl halides is 2. The Kier molecular flexibility index (Phi) is 7.67. The number of anilines is 2. The normalized spacial score (nSPS) is 10.7. The molecule has 3 aromatic rings. The highest BCUT2D eigenvalue weighted by Crippen LogP contribution is 2.31. The fourth-order valence-electron chi connectivity index (χ4n) is 2.84. The van der Waals surface area contributed by atoms with E-state index in [0.717, 1.165) is 4.90 Å². The maximum absolute atomic E-state index is 12.8. The Bertz CT molecular complexity index is 1080. The SMILES string of the molecule is CC(=O)N(CC(F)F)c1ccc(-c2ccc(NC(=O)COc3cccnc3)cn2)cc1Cl. The molecule has 166 valence electrons. The highest BCUT2D eigenvalue weighted by atomic mass is 35.5. The first kappa shape index (κ1) is 23.1. The number of benzene rings is 1. The number of aromatic nitrogens is 2. The van der Waals surface area contributed by atoms with E-state index in [1.807, 2.05) is 0 Å². The van der Waals surface area contributed by atoms with E-state index in [-0.39, 0.29) is 23.2 Å². The lowest BCUT2D eigenvalue weighted by Gasteiger charge is -2.22. The summed E-state index contributed by atoms with van der Waals surface area (Å²) in [5.41, 5.74) is 1.83. The molecule has 0 atom stereocenters. The molecule has 1 aromatic carbocycles. The number of pyridine rings is 2. The van der Waals surface area contributed by atoms with Crippen molar-refractivity contribution in [3.05, 3.63) is 66.1 Å². The number of rotatable bonds is 8. The lowest BCUT2D eigenvalue weighted by atomic mass is 10.1. The van der Waals surface area contributed by atoms with Crippen molar-refractivity contribution in [2.24, 2.45) is 0 Å². The molecule has 0 aliphatic carbocycles. The third-order valence-electron chi connectivity index (χ3n) is 4.29. The van der Waals surface area contributed by atoms with Gasteiger partial charge in [-0.1, -0.05) is 17.7 Å². The van der Waals surface area contributed by atoms with Crippen LogP contribution in [0.2, 0.25) is 5.02 Å². The molecule has 7 nitrogen and oxygen atoms in total. The van der Waals surface area contributed by atoms with Gasteiger partial charge in [-0.15, -0.1) is 0 Å². The van der Waals surface area contributed by atoms with Gasteiger partial charge >= 0.3 is 0 Å². The second-order valence-electron chi connectivity index (χ2n) is 6.64. The zero-order valence-corrected chi connectivity index (χ0v) is 17.7. The van der Waals surface area contributed by atoms with E-state index in [1.165, 1.54) is 25.4 Å². The van der Waals surface area contributed by atoms with E-state index in [2.05, 4.69) is 15.3 Å². The van der Waals surface area contributed by atoms with Gasteiger partial charge in [-0.05, 0) is 36.4 Å². The second-order valence-corrected chi connectivity index (χ2v) is 7.05. The molecule has 10 heteroatoms. The maximum Gasteiger partial charge on any atom is 0.262 e. The lowest BCUT2D eigenvalue weighted by molar-refractivity contribution is -0.118. The highest BCUT2D eigenvalue weighted by Gasteiger charge is 2.19. The number of nitrogens with zero attached hydrogens (tertiary/aromatic N) is 3. The first-order chi connectivity index (χ1) is 15.3. The number of ether oxygens (including phenoxy) is 1. The predicted octanol–water partition coefficient (Wildman–Crippen LogP) is 4.43. The van der Waals surface area contributed by atoms with Crippen LogP contribution >= 0.6 is 11.6 Å². The van der Waals surface area contributed by atoms with Crippen LogP contribution in [0.4, 0.5) is 20.2 Å². The van der Waals surface area contributed by atoms with Gasteiger partial charge in [0.1, 0.15) is 5.75 Å². The molecule has 0 unspecified atom stereocenters. The predicted molar refractivity (Wildman–Crippen MR) is 117 cm³/mol. The van der Waals surface area contributed by atoms with Gasteiger partial charge < -0.3 is 15.0 Å². The number of hydrogen-bond donors (Lipinski definition) is 1. The average Bonchev–Trinajstić information content (AvgIpc) is 2.77. The molecule has 0 bridgehead atoms. The van der Waals surface area contributed by atoms with E-state index >= 15 is 0 Å². The van der Waals surface area contributed by atoms with Crippen molar-refractivity contribution in [2.45, 2.75) is 13.3 Å². The minimum atomic E-state index is -2.69. The molecule has 1 N–H and O–H groups in total. The summed E-state index contributed by atoms with van der Waals surface area (Å²) in [6, 6.07) is 11.4. The van der Waals surface area contributed by atoms with Gasteiger partial charge in [-0.2, -0.15) is 0 Å². The fourth-order valence-corrected chi connectivity index (χ4v) is 3.12. The molecular formula is C22H19ClF2N4O3. The molecule has 0 fully saturated rings. The Morgan fingerprint density at radius 3 is 2.59 bits per heavy atom. The first-order valence-electron chi connectivity index (χ1n) is 9.48. The van der Waals surface area contributed by atoms with Gasteiger partial charge in [0.05, 0.1) is 41.0 Å². The molecule has 3 rings (SSSR count). The molecule has 0 spiro atoms. The number of hydrogen-bond acceptors (Lipinski definition) is 5. The number of amides is 2. The molecule has 32 heavy (non-hydrogen) atoms. The molecular weight excluding hydrogens is 442 g/mol. The molecule has 0 saturated carbocycles. The minimum Gasteiger partial charge on any atom is -0.482 e. The van der Waals surface area contributed by atoms with Crippen molar-refractivity contribution in [3.8, 4) is 17.0 Å². The number of nitrogens with one attached hydrogen (secondary N) is 1. The van der Waals surface area contributed by atoms with Crippen LogP contribution in [0.3, 0.4) is 0 Å². The Balaban J connectivity index is 1.65. The van der Waals surface area contributed by atoms with E-state index < -0.39 is 18.9 Å². The van der Waals surface area contributed by atoms with Crippen LogP contribution in [0.1, 0.15) is 6.92 Å². The Labute approximate surface area is 188 Å². The molecule has 0 radical (unpaired) electrons. The van der Waals surface area contributed by atoms with Crippen LogP contribution in [0.25, 0.3) is 11.3 Å². The van der Waals surface area contributed by atoms with Crippen molar-refractivity contribution in [3.63, 3.8) is 0 Å². The highest BCUT2D eigenvalue weighted by molar-refractivity contribution is 6.34. The smallest absolute Gasteiger partial charge is 0.262 e. The lowest BCUT2D eigenvalue weighted by Crippen LogP contribution is -2.33. The van der Waals surface area contributed by atoms with Crippen molar-refractivity contribution in [1.82, 2.24) is 9.97 Å². The largest absolute Gasteiger partial charge is 0.482 e. The van der Waals surface area contributed by atoms with E-state index in [9.17, 15) is 18.4 Å². The van der Waals surface area contributed by atoms with Crippen LogP contribution in [-0.2, 0) is 9.59 Å². The quantitative estimate of drug-likeness (QED) is 0.537. The number of carbonyl (C=O) groups excluding carboxylic acids is 2. The zero-order valence-electron chi connectivity index (χ0n) is 17.0. The van der Waals surface area contributed by atoms with E-state index in [1.54, 1.807) is 42.6 Å². The van der Waals surface area contributed by atoms with Gasteiger partial charge in [0.2, 0.25) is 5.91 Å². The van der Waals surface area contributed by atoms with Gasteiger partial charge in [0, 0.05) is 18.7 Å². The summed E-state index contributed by atoms with van der Waals surface area (Å²) in [5, 5.41) is 2.81. The van der Waals surface area contributed by atoms with Crippen LogP contribution in [-0.4, -0.2) is 41.4 Å². The van der Waals surface area contributed by atoms with Crippen LogP contribution < -0.4 is 15.0 Å². The monoisotopic (exact) mass is 460 g/mol. The topological polar surface area (TPSA) is 84.4 Å². The second kappa shape index (κ2) is 10.6. The van der Waals surface area contributed by atoms with Crippen molar-refractivity contribution < 1.29 is 23.1 Å². The Morgan fingerprint density at radius 1 is 1.19 bits per heavy atom. The average molecular weight is 461 g/mol. The fraction of sp³-hybridized carbons (Fsp3) is 0.182. The molecule has 2 heterocycles. The number of halogens is 3. The van der Waals surface area contributed by atoms with Gasteiger partial charge in [0.15, 0.2) is 6.61 Å². The zero-order chi connectivity index (χ0) is 23.1. The van der Waals surface area contributed by atoms with Crippen LogP contribution in [0.5, 0.6) is 5.75 Å². The summed E-state index contributed by atoms with van der Waals surface area (Å²) in [7, 11) is 0. The minimum absolute atomic E-state index is 0.144. The third-order valence-corrected chi connectivity index (χ3v) is 4.59. The van der Waals surface area contributed by atoms with E-state index in [0.29, 0.717) is 22.7 Å². The third kappa shape index (κ3) is 6.21.